The molecule has 4 aliphatic rings. The van der Waals surface area contributed by atoms with Crippen LogP contribution in [0.3, 0.4) is 0 Å². The molecule has 0 radical (unpaired) electrons. The molecule has 224 valence electrons. The molecule has 3 saturated carbocycles. The van der Waals surface area contributed by atoms with Crippen LogP contribution >= 0.6 is 0 Å². The average molecular weight is 543 g/mol. The van der Waals surface area contributed by atoms with Gasteiger partial charge in [0.05, 0.1) is 0 Å². The third-order valence-corrected chi connectivity index (χ3v) is 12.1. The maximum atomic E-state index is 12.5. The molecule has 1 amide bonds. The second-order valence-electron chi connectivity index (χ2n) is 15.3. The highest BCUT2D eigenvalue weighted by Gasteiger charge is 2.59. The first-order valence-electron chi connectivity index (χ1n) is 16.9. The first-order valence-corrected chi connectivity index (χ1v) is 16.9. The van der Waals surface area contributed by atoms with E-state index in [-0.39, 0.29) is 18.2 Å². The maximum absolute atomic E-state index is 12.5. The summed E-state index contributed by atoms with van der Waals surface area (Å²) in [4.78, 5) is 12.5. The van der Waals surface area contributed by atoms with E-state index in [1.54, 1.807) is 5.57 Å². The lowest BCUT2D eigenvalue weighted by Gasteiger charge is -2.58. The normalized spacial score (nSPS) is 37.3. The number of nitrogens with two attached hydrogens (primary N) is 1. The Morgan fingerprint density at radius 2 is 1.77 bits per heavy atom. The molecule has 0 heterocycles. The second kappa shape index (κ2) is 13.3. The zero-order valence-corrected chi connectivity index (χ0v) is 26.4. The zero-order chi connectivity index (χ0) is 28.2. The molecule has 5 unspecified atom stereocenters. The lowest BCUT2D eigenvalue weighted by Crippen LogP contribution is -2.51. The maximum Gasteiger partial charge on any atom is 0.407 e. The summed E-state index contributed by atoms with van der Waals surface area (Å²) in [5, 5.41) is 2.99. The SMILES string of the molecule is CC(C)CCC[C@@H](C)[C@H]1CCC2C3CC=C4CC(OC(=O)NCCCCCC(C)N)CC[C@]4(C)C3CC[C@@]21C. The molecule has 0 aromatic rings. The molecule has 0 spiro atoms. The van der Waals surface area contributed by atoms with Crippen molar-refractivity contribution in [2.75, 3.05) is 6.54 Å². The van der Waals surface area contributed by atoms with Gasteiger partial charge in [0.15, 0.2) is 0 Å². The van der Waals surface area contributed by atoms with Gasteiger partial charge < -0.3 is 15.8 Å². The molecule has 0 saturated heterocycles. The zero-order valence-electron chi connectivity index (χ0n) is 26.4. The predicted molar refractivity (Wildman–Crippen MR) is 163 cm³/mol. The van der Waals surface area contributed by atoms with Crippen LogP contribution in [0, 0.1) is 46.3 Å². The molecule has 4 nitrogen and oxygen atoms in total. The van der Waals surface area contributed by atoms with Crippen LogP contribution in [0.15, 0.2) is 11.6 Å². The van der Waals surface area contributed by atoms with E-state index in [1.165, 1.54) is 57.8 Å². The van der Waals surface area contributed by atoms with Crippen LogP contribution in [0.25, 0.3) is 0 Å². The molecular weight excluding hydrogens is 480 g/mol. The van der Waals surface area contributed by atoms with E-state index >= 15 is 0 Å². The number of carbonyl (C=O) groups excluding carboxylic acids is 1. The van der Waals surface area contributed by atoms with Crippen molar-refractivity contribution in [2.24, 2.45) is 52.1 Å². The van der Waals surface area contributed by atoms with Crippen molar-refractivity contribution in [3.05, 3.63) is 11.6 Å². The van der Waals surface area contributed by atoms with Gasteiger partial charge in [-0.15, -0.1) is 0 Å². The minimum atomic E-state index is -0.224. The predicted octanol–water partition coefficient (Wildman–Crippen LogP) is 9.03. The summed E-state index contributed by atoms with van der Waals surface area (Å²) in [7, 11) is 0. The highest BCUT2D eigenvalue weighted by Crippen LogP contribution is 2.67. The number of hydrogen-bond acceptors (Lipinski definition) is 3. The average Bonchev–Trinajstić information content (AvgIpc) is 3.23. The van der Waals surface area contributed by atoms with Crippen molar-refractivity contribution >= 4 is 6.09 Å². The van der Waals surface area contributed by atoms with Gasteiger partial charge in [-0.2, -0.15) is 0 Å². The Morgan fingerprint density at radius 3 is 2.51 bits per heavy atom. The fourth-order valence-corrected chi connectivity index (χ4v) is 9.90. The molecule has 3 N–H and O–H groups in total. The topological polar surface area (TPSA) is 64.3 Å². The fourth-order valence-electron chi connectivity index (χ4n) is 9.90. The number of alkyl carbamates (subject to hydrolysis) is 1. The molecule has 4 aliphatic carbocycles. The highest BCUT2D eigenvalue weighted by molar-refractivity contribution is 5.67. The van der Waals surface area contributed by atoms with Crippen LogP contribution in [0.4, 0.5) is 4.79 Å². The van der Waals surface area contributed by atoms with E-state index in [0.29, 0.717) is 17.4 Å². The number of unbranched alkanes of at least 4 members (excludes halogenated alkanes) is 2. The summed E-state index contributed by atoms with van der Waals surface area (Å²) in [6.07, 6.45) is 21.0. The third-order valence-electron chi connectivity index (χ3n) is 12.1. The molecule has 0 aromatic heterocycles. The summed E-state index contributed by atoms with van der Waals surface area (Å²) in [5.74, 6) is 5.19. The number of ether oxygens (including phenoxy) is 1. The van der Waals surface area contributed by atoms with E-state index in [0.717, 1.165) is 74.0 Å². The van der Waals surface area contributed by atoms with Gasteiger partial charge >= 0.3 is 6.09 Å². The Hall–Kier alpha value is -1.03. The van der Waals surface area contributed by atoms with E-state index in [4.69, 9.17) is 10.5 Å². The quantitative estimate of drug-likeness (QED) is 0.191. The van der Waals surface area contributed by atoms with Gasteiger partial charge in [0.1, 0.15) is 6.10 Å². The van der Waals surface area contributed by atoms with Crippen molar-refractivity contribution in [1.29, 1.82) is 0 Å². The molecular formula is C35H62N2O2. The number of allylic oxidation sites excluding steroid dienone is 1. The fraction of sp³-hybridized carbons (Fsp3) is 0.914. The lowest BCUT2D eigenvalue weighted by molar-refractivity contribution is -0.0581. The molecule has 0 bridgehead atoms. The summed E-state index contributed by atoms with van der Waals surface area (Å²) in [5.41, 5.74) is 8.27. The summed E-state index contributed by atoms with van der Waals surface area (Å²) >= 11 is 0. The minimum absolute atomic E-state index is 0.0374. The molecule has 4 rings (SSSR count). The number of fused-ring (bicyclic) bond motifs is 5. The van der Waals surface area contributed by atoms with Crippen molar-refractivity contribution in [2.45, 2.75) is 150 Å². The van der Waals surface area contributed by atoms with Gasteiger partial charge in [0.2, 0.25) is 0 Å². The number of nitrogens with one attached hydrogen (secondary N) is 1. The van der Waals surface area contributed by atoms with Crippen LogP contribution in [0.5, 0.6) is 0 Å². The van der Waals surface area contributed by atoms with Gasteiger partial charge in [0.25, 0.3) is 0 Å². The van der Waals surface area contributed by atoms with E-state index in [9.17, 15) is 4.79 Å². The van der Waals surface area contributed by atoms with Crippen LogP contribution in [-0.4, -0.2) is 24.8 Å². The largest absolute Gasteiger partial charge is 0.446 e. The minimum Gasteiger partial charge on any atom is -0.446 e. The molecule has 39 heavy (non-hydrogen) atoms. The Balaban J connectivity index is 1.29. The van der Waals surface area contributed by atoms with E-state index < -0.39 is 0 Å². The van der Waals surface area contributed by atoms with Crippen LogP contribution in [0.2, 0.25) is 0 Å². The summed E-state index contributed by atoms with van der Waals surface area (Å²) in [6.45, 7) is 15.3. The van der Waals surface area contributed by atoms with E-state index in [1.807, 2.05) is 0 Å². The molecule has 3 fully saturated rings. The van der Waals surface area contributed by atoms with Crippen molar-refractivity contribution in [3.8, 4) is 0 Å². The number of amides is 1. The molecule has 0 aromatic carbocycles. The van der Waals surface area contributed by atoms with Crippen molar-refractivity contribution in [1.82, 2.24) is 5.32 Å². The van der Waals surface area contributed by atoms with Crippen LogP contribution in [0.1, 0.15) is 138 Å². The number of rotatable bonds is 12. The first kappa shape index (κ1) is 30.9. The van der Waals surface area contributed by atoms with Crippen LogP contribution in [-0.2, 0) is 4.74 Å². The Bertz CT molecular complexity index is 837. The number of hydrogen-bond donors (Lipinski definition) is 2. The Kier molecular flexibility index (Phi) is 10.5. The third kappa shape index (κ3) is 7.07. The summed E-state index contributed by atoms with van der Waals surface area (Å²) < 4.78 is 5.93. The van der Waals surface area contributed by atoms with Gasteiger partial charge in [-0.1, -0.05) is 78.4 Å². The Labute approximate surface area is 241 Å². The second-order valence-corrected chi connectivity index (χ2v) is 15.3. The molecule has 9 atom stereocenters. The number of carbonyl (C=O) groups is 1. The monoisotopic (exact) mass is 542 g/mol. The molecule has 0 aliphatic heterocycles. The Morgan fingerprint density at radius 1 is 0.974 bits per heavy atom. The van der Waals surface area contributed by atoms with Gasteiger partial charge in [-0.25, -0.2) is 4.79 Å². The standard InChI is InChI=1S/C35H62N2O2/c1-24(2)11-10-12-25(3)30-16-17-31-29-15-14-27-23-28(39-33(38)37-22-9-7-8-13-26(4)36)18-20-34(27,5)32(29)19-21-35(30,31)6/h14,24-26,28-32H,7-13,15-23,36H2,1-6H3,(H,37,38)/t25-,26?,28?,29?,30-,31?,32?,34+,35-/m1/s1. The van der Waals surface area contributed by atoms with E-state index in [2.05, 4.69) is 52.9 Å². The lowest BCUT2D eigenvalue weighted by atomic mass is 9.47. The summed E-state index contributed by atoms with van der Waals surface area (Å²) in [6, 6.07) is 0.269. The van der Waals surface area contributed by atoms with Gasteiger partial charge in [-0.05, 0) is 111 Å². The van der Waals surface area contributed by atoms with Gasteiger partial charge in [-0.3, -0.25) is 0 Å². The molecule has 4 heteroatoms. The highest BCUT2D eigenvalue weighted by atomic mass is 16.6. The van der Waals surface area contributed by atoms with Crippen molar-refractivity contribution < 1.29 is 9.53 Å². The van der Waals surface area contributed by atoms with Crippen LogP contribution < -0.4 is 11.1 Å². The first-order chi connectivity index (χ1) is 18.5. The van der Waals surface area contributed by atoms with Crippen molar-refractivity contribution in [3.63, 3.8) is 0 Å². The smallest absolute Gasteiger partial charge is 0.407 e. The van der Waals surface area contributed by atoms with Gasteiger partial charge in [0, 0.05) is 19.0 Å².